The molecule has 0 radical (unpaired) electrons. The smallest absolute Gasteiger partial charge is 0.290 e. The first-order chi connectivity index (χ1) is 10.7. The molecule has 0 atom stereocenters. The third-order valence-corrected chi connectivity index (χ3v) is 3.91. The van der Waals surface area contributed by atoms with Gasteiger partial charge in [-0.1, -0.05) is 23.8 Å². The summed E-state index contributed by atoms with van der Waals surface area (Å²) in [5, 5.41) is 2.24. The maximum Gasteiger partial charge on any atom is 0.290 e. The minimum absolute atomic E-state index is 0.0360. The molecule has 0 unspecified atom stereocenters. The van der Waals surface area contributed by atoms with E-state index in [2.05, 4.69) is 31.2 Å². The van der Waals surface area contributed by atoms with E-state index >= 15 is 0 Å². The number of alkyl halides is 2. The Bertz CT molecular complexity index is 750. The van der Waals surface area contributed by atoms with Crippen LogP contribution in [0.1, 0.15) is 33.0 Å². The van der Waals surface area contributed by atoms with Gasteiger partial charge in [-0.3, -0.25) is 4.79 Å². The van der Waals surface area contributed by atoms with Crippen LogP contribution in [0.4, 0.5) is 8.78 Å². The summed E-state index contributed by atoms with van der Waals surface area (Å²) in [6, 6.07) is 4.71. The van der Waals surface area contributed by atoms with Gasteiger partial charge in [0, 0.05) is 11.8 Å². The summed E-state index contributed by atoms with van der Waals surface area (Å²) in [6.45, 7) is 4.28. The van der Waals surface area contributed by atoms with Gasteiger partial charge in [0.2, 0.25) is 0 Å². The van der Waals surface area contributed by atoms with Crippen molar-refractivity contribution >= 4 is 21.8 Å². The van der Waals surface area contributed by atoms with Crippen molar-refractivity contribution in [2.24, 2.45) is 0 Å². The molecule has 1 aromatic carbocycles. The molecule has 0 saturated carbocycles. The van der Waals surface area contributed by atoms with Gasteiger partial charge in [0.1, 0.15) is 11.5 Å². The third kappa shape index (κ3) is 4.10. The van der Waals surface area contributed by atoms with E-state index in [1.807, 2.05) is 6.92 Å². The number of aromatic nitrogens is 2. The molecule has 1 N–H and O–H groups in total. The quantitative estimate of drug-likeness (QED) is 0.875. The first kappa shape index (κ1) is 17.5. The lowest BCUT2D eigenvalue weighted by Crippen LogP contribution is -2.36. The normalized spacial score (nSPS) is 11.4. The molecule has 2 aromatic rings. The predicted octanol–water partition coefficient (Wildman–Crippen LogP) is 3.69. The molecule has 0 bridgehead atoms. The van der Waals surface area contributed by atoms with Gasteiger partial charge in [-0.05, 0) is 42.3 Å². The molecule has 1 aromatic heterocycles. The zero-order chi connectivity index (χ0) is 17.2. The van der Waals surface area contributed by atoms with Gasteiger partial charge < -0.3 is 5.32 Å². The minimum atomic E-state index is -3.16. The standard InChI is InChI=1S/C16H16BrF2N3O/c1-9-4-5-12(10(2)6-9)16(18,19)8-21-15(23)14-13(17)7-20-11(3)22-14/h4-7H,8H2,1-3H3,(H,21,23). The molecule has 4 nitrogen and oxygen atoms in total. The monoisotopic (exact) mass is 383 g/mol. The minimum Gasteiger partial charge on any atom is -0.344 e. The molecular formula is C16H16BrF2N3O. The van der Waals surface area contributed by atoms with Crippen LogP contribution in [-0.4, -0.2) is 22.4 Å². The summed E-state index contributed by atoms with van der Waals surface area (Å²) in [5.74, 6) is -3.45. The number of benzene rings is 1. The average Bonchev–Trinajstić information content (AvgIpc) is 2.47. The number of hydrogen-bond donors (Lipinski definition) is 1. The Morgan fingerprint density at radius 1 is 1.30 bits per heavy atom. The second-order valence-electron chi connectivity index (χ2n) is 5.32. The number of aryl methyl sites for hydroxylation is 3. The second kappa shape index (κ2) is 6.70. The fraction of sp³-hybridized carbons (Fsp3) is 0.312. The zero-order valence-corrected chi connectivity index (χ0v) is 14.5. The Kier molecular flexibility index (Phi) is 5.09. The first-order valence-electron chi connectivity index (χ1n) is 6.93. The van der Waals surface area contributed by atoms with Crippen molar-refractivity contribution in [2.75, 3.05) is 6.54 Å². The summed E-state index contributed by atoms with van der Waals surface area (Å²) in [7, 11) is 0. The lowest BCUT2D eigenvalue weighted by Gasteiger charge is -2.20. The molecule has 0 saturated heterocycles. The number of hydrogen-bond acceptors (Lipinski definition) is 3. The van der Waals surface area contributed by atoms with E-state index in [4.69, 9.17) is 0 Å². The van der Waals surface area contributed by atoms with Gasteiger partial charge in [-0.25, -0.2) is 9.97 Å². The summed E-state index contributed by atoms with van der Waals surface area (Å²) in [5.41, 5.74) is 1.34. The number of amides is 1. The van der Waals surface area contributed by atoms with Crippen LogP contribution in [0.15, 0.2) is 28.9 Å². The first-order valence-corrected chi connectivity index (χ1v) is 7.73. The lowest BCUT2D eigenvalue weighted by atomic mass is 10.0. The highest BCUT2D eigenvalue weighted by Crippen LogP contribution is 2.30. The highest BCUT2D eigenvalue weighted by atomic mass is 79.9. The number of nitrogens with one attached hydrogen (secondary N) is 1. The number of carbonyl (C=O) groups is 1. The summed E-state index contributed by atoms with van der Waals surface area (Å²) >= 11 is 3.14. The van der Waals surface area contributed by atoms with Gasteiger partial charge in [0.05, 0.1) is 11.0 Å². The van der Waals surface area contributed by atoms with E-state index in [0.29, 0.717) is 15.9 Å². The van der Waals surface area contributed by atoms with Crippen molar-refractivity contribution in [3.8, 4) is 0 Å². The molecule has 0 aliphatic heterocycles. The fourth-order valence-corrected chi connectivity index (χ4v) is 2.58. The Morgan fingerprint density at radius 3 is 2.65 bits per heavy atom. The molecule has 2 rings (SSSR count). The Balaban J connectivity index is 2.15. The van der Waals surface area contributed by atoms with E-state index in [1.54, 1.807) is 26.0 Å². The Hall–Kier alpha value is -1.89. The van der Waals surface area contributed by atoms with Crippen LogP contribution in [0.5, 0.6) is 0 Å². The van der Waals surface area contributed by atoms with Gasteiger partial charge in [-0.15, -0.1) is 0 Å². The summed E-state index contributed by atoms with van der Waals surface area (Å²) < 4.78 is 29.0. The van der Waals surface area contributed by atoms with Gasteiger partial charge >= 0.3 is 0 Å². The van der Waals surface area contributed by atoms with Gasteiger partial charge in [-0.2, -0.15) is 8.78 Å². The SMILES string of the molecule is Cc1ccc(C(F)(F)CNC(=O)c2nc(C)ncc2Br)c(C)c1. The molecule has 0 aliphatic carbocycles. The molecule has 122 valence electrons. The molecule has 1 amide bonds. The Labute approximate surface area is 141 Å². The zero-order valence-electron chi connectivity index (χ0n) is 13.0. The third-order valence-electron chi connectivity index (χ3n) is 3.33. The highest BCUT2D eigenvalue weighted by molar-refractivity contribution is 9.10. The summed E-state index contributed by atoms with van der Waals surface area (Å²) in [4.78, 5) is 19.9. The van der Waals surface area contributed by atoms with E-state index < -0.39 is 18.4 Å². The van der Waals surface area contributed by atoms with Crippen LogP contribution < -0.4 is 5.32 Å². The largest absolute Gasteiger partial charge is 0.344 e. The van der Waals surface area contributed by atoms with Crippen molar-refractivity contribution in [1.82, 2.24) is 15.3 Å². The molecule has 7 heteroatoms. The maximum absolute atomic E-state index is 14.3. The van der Waals surface area contributed by atoms with Crippen LogP contribution in [0.2, 0.25) is 0 Å². The molecule has 0 spiro atoms. The van der Waals surface area contributed by atoms with Crippen molar-refractivity contribution in [1.29, 1.82) is 0 Å². The lowest BCUT2D eigenvalue weighted by molar-refractivity contribution is -0.00312. The second-order valence-corrected chi connectivity index (χ2v) is 6.17. The number of carbonyl (C=O) groups excluding carboxylic acids is 1. The van der Waals surface area contributed by atoms with Crippen molar-refractivity contribution < 1.29 is 13.6 Å². The maximum atomic E-state index is 14.3. The van der Waals surface area contributed by atoms with Crippen LogP contribution >= 0.6 is 15.9 Å². The van der Waals surface area contributed by atoms with Gasteiger partial charge in [0.15, 0.2) is 0 Å². The average molecular weight is 384 g/mol. The number of rotatable bonds is 4. The van der Waals surface area contributed by atoms with E-state index in [-0.39, 0.29) is 11.3 Å². The van der Waals surface area contributed by atoms with Crippen LogP contribution in [-0.2, 0) is 5.92 Å². The predicted molar refractivity (Wildman–Crippen MR) is 86.6 cm³/mol. The Morgan fingerprint density at radius 2 is 2.00 bits per heavy atom. The topological polar surface area (TPSA) is 54.9 Å². The molecule has 0 fully saturated rings. The van der Waals surface area contributed by atoms with E-state index in [9.17, 15) is 13.6 Å². The molecule has 0 aliphatic rings. The summed E-state index contributed by atoms with van der Waals surface area (Å²) in [6.07, 6.45) is 1.42. The van der Waals surface area contributed by atoms with Crippen molar-refractivity contribution in [3.63, 3.8) is 0 Å². The molecule has 1 heterocycles. The van der Waals surface area contributed by atoms with Crippen molar-refractivity contribution in [2.45, 2.75) is 26.7 Å². The van der Waals surface area contributed by atoms with Crippen LogP contribution in [0, 0.1) is 20.8 Å². The van der Waals surface area contributed by atoms with Crippen LogP contribution in [0.3, 0.4) is 0 Å². The fourth-order valence-electron chi connectivity index (χ4n) is 2.21. The van der Waals surface area contributed by atoms with Crippen LogP contribution in [0.25, 0.3) is 0 Å². The van der Waals surface area contributed by atoms with Gasteiger partial charge in [0.25, 0.3) is 11.8 Å². The number of halogens is 3. The molecular weight excluding hydrogens is 368 g/mol. The van der Waals surface area contributed by atoms with E-state index in [1.165, 1.54) is 12.3 Å². The molecule has 23 heavy (non-hydrogen) atoms. The number of nitrogens with zero attached hydrogens (tertiary/aromatic N) is 2. The van der Waals surface area contributed by atoms with Crippen molar-refractivity contribution in [3.05, 3.63) is 57.1 Å². The van der Waals surface area contributed by atoms with E-state index in [0.717, 1.165) is 5.56 Å². The highest BCUT2D eigenvalue weighted by Gasteiger charge is 2.34.